The second kappa shape index (κ2) is 8.50. The van der Waals surface area contributed by atoms with Crippen LogP contribution in [0.2, 0.25) is 0 Å². The third kappa shape index (κ3) is 5.52. The van der Waals surface area contributed by atoms with Crippen molar-refractivity contribution in [3.8, 4) is 5.75 Å². The van der Waals surface area contributed by atoms with E-state index in [9.17, 15) is 4.39 Å². The van der Waals surface area contributed by atoms with Gasteiger partial charge < -0.3 is 21.7 Å². The molecule has 0 fully saturated rings. The molecule has 0 saturated carbocycles. The Hall–Kier alpha value is -0.584. The van der Waals surface area contributed by atoms with Gasteiger partial charge in [0.25, 0.3) is 0 Å². The molecule has 4 heteroatoms. The summed E-state index contributed by atoms with van der Waals surface area (Å²) in [6.45, 7) is 0.431. The van der Waals surface area contributed by atoms with Crippen molar-refractivity contribution in [3.63, 3.8) is 0 Å². The first-order valence-electron chi connectivity index (χ1n) is 4.68. The van der Waals surface area contributed by atoms with Gasteiger partial charge in [-0.1, -0.05) is 6.07 Å². The molecule has 0 saturated heterocycles. The standard InChI is InChI=1S/C13H10FO.BrH.Mg/c14-12-7-4-8-13(9-12)15-10-11-5-2-1-3-6-11;;/h1-2,4-9H,10H2;1H;/q-1;;+2/p-1. The van der Waals surface area contributed by atoms with Crippen LogP contribution in [0.15, 0.2) is 48.5 Å². The van der Waals surface area contributed by atoms with Crippen molar-refractivity contribution in [1.82, 2.24) is 0 Å². The third-order valence-electron chi connectivity index (χ3n) is 1.97. The van der Waals surface area contributed by atoms with Crippen molar-refractivity contribution in [1.29, 1.82) is 0 Å². The first-order valence-corrected chi connectivity index (χ1v) is 4.68. The van der Waals surface area contributed by atoms with E-state index in [1.165, 1.54) is 12.1 Å². The Morgan fingerprint density at radius 2 is 2.00 bits per heavy atom. The normalized spacial score (nSPS) is 8.76. The zero-order valence-electron chi connectivity index (χ0n) is 9.20. The molecule has 0 heterocycles. The molecule has 0 aliphatic heterocycles. The Bertz CT molecular complexity index is 436. The number of benzene rings is 2. The minimum atomic E-state index is -0.285. The van der Waals surface area contributed by atoms with Crippen molar-refractivity contribution in [2.75, 3.05) is 0 Å². The minimum absolute atomic E-state index is 0. The predicted octanol–water partition coefficient (Wildman–Crippen LogP) is -0.172. The maximum Gasteiger partial charge on any atom is 2.00 e. The van der Waals surface area contributed by atoms with Crippen LogP contribution >= 0.6 is 0 Å². The SMILES string of the molecule is Fc1cccc(OCc2c[c-]ccc2)c1.[Br-].[Mg+2]. The molecule has 0 unspecified atom stereocenters. The van der Waals surface area contributed by atoms with Crippen LogP contribution in [-0.4, -0.2) is 23.1 Å². The van der Waals surface area contributed by atoms with Crippen molar-refractivity contribution in [2.45, 2.75) is 6.61 Å². The summed E-state index contributed by atoms with van der Waals surface area (Å²) < 4.78 is 18.2. The fourth-order valence-corrected chi connectivity index (χ4v) is 1.24. The van der Waals surface area contributed by atoms with Gasteiger partial charge in [-0.25, -0.2) is 4.39 Å². The molecular weight excluding hydrogens is 295 g/mol. The quantitative estimate of drug-likeness (QED) is 0.565. The number of rotatable bonds is 3. The zero-order valence-corrected chi connectivity index (χ0v) is 12.2. The second-order valence-corrected chi connectivity index (χ2v) is 3.16. The van der Waals surface area contributed by atoms with Crippen LogP contribution in [0, 0.1) is 11.9 Å². The molecule has 0 spiro atoms. The summed E-state index contributed by atoms with van der Waals surface area (Å²) in [5.74, 6) is 0.256. The number of hydrogen-bond acceptors (Lipinski definition) is 1. The molecule has 0 aliphatic carbocycles. The Labute approximate surface area is 127 Å². The molecule has 2 rings (SSSR count). The fraction of sp³-hybridized carbons (Fsp3) is 0.0769. The van der Waals surface area contributed by atoms with Gasteiger partial charge in [-0.15, -0.1) is 5.56 Å². The second-order valence-electron chi connectivity index (χ2n) is 3.16. The van der Waals surface area contributed by atoms with Crippen LogP contribution in [-0.2, 0) is 6.61 Å². The van der Waals surface area contributed by atoms with E-state index in [0.717, 1.165) is 5.56 Å². The molecule has 0 aromatic heterocycles. The van der Waals surface area contributed by atoms with Gasteiger partial charge in [0.05, 0.1) is 6.61 Å². The first-order chi connectivity index (χ1) is 7.34. The molecule has 0 atom stereocenters. The van der Waals surface area contributed by atoms with Gasteiger partial charge in [0, 0.05) is 6.07 Å². The van der Waals surface area contributed by atoms with Crippen LogP contribution < -0.4 is 21.7 Å². The van der Waals surface area contributed by atoms with Gasteiger partial charge in [0.1, 0.15) is 11.6 Å². The van der Waals surface area contributed by atoms with Crippen LogP contribution in [0.3, 0.4) is 0 Å². The average Bonchev–Trinajstić information content (AvgIpc) is 2.28. The van der Waals surface area contributed by atoms with Crippen molar-refractivity contribution >= 4 is 23.1 Å². The smallest absolute Gasteiger partial charge is 1.00 e. The Morgan fingerprint density at radius 1 is 1.18 bits per heavy atom. The van der Waals surface area contributed by atoms with Crippen LogP contribution in [0.5, 0.6) is 5.75 Å². The molecule has 1 nitrogen and oxygen atoms in total. The van der Waals surface area contributed by atoms with E-state index in [2.05, 4.69) is 6.07 Å². The van der Waals surface area contributed by atoms with E-state index in [1.807, 2.05) is 24.3 Å². The van der Waals surface area contributed by atoms with Gasteiger partial charge in [-0.3, -0.25) is 0 Å². The van der Waals surface area contributed by atoms with Gasteiger partial charge in [0.2, 0.25) is 0 Å². The monoisotopic (exact) mass is 304 g/mol. The van der Waals surface area contributed by atoms with E-state index >= 15 is 0 Å². The van der Waals surface area contributed by atoms with E-state index in [0.29, 0.717) is 12.4 Å². The fourth-order valence-electron chi connectivity index (χ4n) is 1.24. The third-order valence-corrected chi connectivity index (χ3v) is 1.97. The van der Waals surface area contributed by atoms with Gasteiger partial charge in [-0.2, -0.15) is 30.3 Å². The van der Waals surface area contributed by atoms with Crippen LogP contribution in [0.25, 0.3) is 0 Å². The van der Waals surface area contributed by atoms with Crippen molar-refractivity contribution in [3.05, 3.63) is 66.0 Å². The van der Waals surface area contributed by atoms with Crippen molar-refractivity contribution < 1.29 is 26.1 Å². The topological polar surface area (TPSA) is 9.23 Å². The van der Waals surface area contributed by atoms with E-state index in [-0.39, 0.29) is 45.9 Å². The molecule has 0 bridgehead atoms. The molecule has 0 N–H and O–H groups in total. The Balaban J connectivity index is 0.00000128. The summed E-state index contributed by atoms with van der Waals surface area (Å²) in [6.07, 6.45) is 0. The van der Waals surface area contributed by atoms with E-state index in [1.54, 1.807) is 12.1 Å². The summed E-state index contributed by atoms with van der Waals surface area (Å²) >= 11 is 0. The Morgan fingerprint density at radius 3 is 2.65 bits per heavy atom. The molecule has 84 valence electrons. The predicted molar refractivity (Wildman–Crippen MR) is 61.8 cm³/mol. The largest absolute Gasteiger partial charge is 2.00 e. The number of halogens is 2. The molecular formula is C13H10BrFMgO. The van der Waals surface area contributed by atoms with E-state index in [4.69, 9.17) is 4.74 Å². The number of ether oxygens (including phenoxy) is 1. The van der Waals surface area contributed by atoms with E-state index < -0.39 is 0 Å². The molecule has 17 heavy (non-hydrogen) atoms. The zero-order chi connectivity index (χ0) is 10.5. The summed E-state index contributed by atoms with van der Waals surface area (Å²) in [5, 5.41) is 0. The molecule has 0 radical (unpaired) electrons. The first kappa shape index (κ1) is 16.4. The molecule has 2 aromatic carbocycles. The molecule has 2 aromatic rings. The van der Waals surface area contributed by atoms with Gasteiger partial charge in [0.15, 0.2) is 0 Å². The Kier molecular flexibility index (Phi) is 8.21. The van der Waals surface area contributed by atoms with Gasteiger partial charge in [-0.05, 0) is 12.1 Å². The summed E-state index contributed by atoms with van der Waals surface area (Å²) in [6, 6.07) is 16.6. The minimum Gasteiger partial charge on any atom is -1.00 e. The maximum atomic E-state index is 12.8. The maximum absolute atomic E-state index is 12.8. The van der Waals surface area contributed by atoms with Crippen LogP contribution in [0.1, 0.15) is 5.56 Å². The summed E-state index contributed by atoms with van der Waals surface area (Å²) in [7, 11) is 0. The van der Waals surface area contributed by atoms with Crippen LogP contribution in [0.4, 0.5) is 4.39 Å². The average molecular weight is 305 g/mol. The summed E-state index contributed by atoms with van der Waals surface area (Å²) in [4.78, 5) is 0. The summed E-state index contributed by atoms with van der Waals surface area (Å²) in [5.41, 5.74) is 1.02. The molecule has 0 aliphatic rings. The number of hydrogen-bond donors (Lipinski definition) is 0. The van der Waals surface area contributed by atoms with Crippen molar-refractivity contribution in [2.24, 2.45) is 0 Å². The molecule has 0 amide bonds. The van der Waals surface area contributed by atoms with Gasteiger partial charge >= 0.3 is 23.1 Å².